The number of carbonyl (C=O) groups excluding carboxylic acids is 1. The highest BCUT2D eigenvalue weighted by Crippen LogP contribution is 2.31. The van der Waals surface area contributed by atoms with E-state index in [1.165, 1.54) is 57.4 Å². The number of nitrogens with zero attached hydrogens (tertiary/aromatic N) is 2. The number of carbonyl (C=O) groups is 1. The number of sulfonamides is 1. The Hall–Kier alpha value is -2.58. The first-order valence-electron chi connectivity index (χ1n) is 12.7. The van der Waals surface area contributed by atoms with Crippen LogP contribution in [0.4, 0.5) is 5.69 Å². The summed E-state index contributed by atoms with van der Waals surface area (Å²) in [4.78, 5) is 13.0. The third-order valence-electron chi connectivity index (χ3n) is 6.31. The van der Waals surface area contributed by atoms with Crippen LogP contribution in [0.3, 0.4) is 0 Å². The van der Waals surface area contributed by atoms with Gasteiger partial charge in [0.05, 0.1) is 22.7 Å². The molecule has 1 amide bonds. The number of hydrazone groups is 1. The summed E-state index contributed by atoms with van der Waals surface area (Å²) in [5, 5.41) is 4.65. The monoisotopic (exact) mass is 533 g/mol. The van der Waals surface area contributed by atoms with E-state index >= 15 is 0 Å². The molecule has 0 spiro atoms. The summed E-state index contributed by atoms with van der Waals surface area (Å²) < 4.78 is 33.2. The van der Waals surface area contributed by atoms with Gasteiger partial charge in [0.15, 0.2) is 0 Å². The minimum Gasteiger partial charge on any atom is -0.495 e. The summed E-state index contributed by atoms with van der Waals surface area (Å²) in [7, 11) is -2.55. The van der Waals surface area contributed by atoms with Crippen molar-refractivity contribution in [2.24, 2.45) is 5.10 Å². The molecule has 0 aliphatic heterocycles. The van der Waals surface area contributed by atoms with E-state index in [9.17, 15) is 13.2 Å². The number of anilines is 1. The molecule has 9 heteroatoms. The van der Waals surface area contributed by atoms with Gasteiger partial charge in [0.25, 0.3) is 15.9 Å². The van der Waals surface area contributed by atoms with E-state index < -0.39 is 22.5 Å². The molecule has 0 heterocycles. The average Bonchev–Trinajstić information content (AvgIpc) is 2.87. The highest BCUT2D eigenvalue weighted by Gasteiger charge is 2.27. The quantitative estimate of drug-likeness (QED) is 0.422. The van der Waals surface area contributed by atoms with Crippen molar-refractivity contribution in [3.05, 3.63) is 53.6 Å². The van der Waals surface area contributed by atoms with E-state index in [1.54, 1.807) is 30.3 Å². The van der Waals surface area contributed by atoms with Crippen LogP contribution in [0.2, 0.25) is 5.02 Å². The van der Waals surface area contributed by atoms with Gasteiger partial charge >= 0.3 is 0 Å². The normalized spacial score (nSPS) is 15.8. The predicted octanol–water partition coefficient (Wildman–Crippen LogP) is 6.32. The molecule has 2 aromatic rings. The van der Waals surface area contributed by atoms with Crippen LogP contribution in [0.1, 0.15) is 70.6 Å². The molecule has 1 saturated carbocycles. The summed E-state index contributed by atoms with van der Waals surface area (Å²) in [5.41, 5.74) is 3.84. The van der Waals surface area contributed by atoms with Gasteiger partial charge in [-0.15, -0.1) is 0 Å². The van der Waals surface area contributed by atoms with E-state index in [4.69, 9.17) is 16.3 Å². The second-order valence-electron chi connectivity index (χ2n) is 9.04. The molecule has 1 aliphatic carbocycles. The minimum atomic E-state index is -4.03. The van der Waals surface area contributed by atoms with Crippen LogP contribution in [0.25, 0.3) is 0 Å². The van der Waals surface area contributed by atoms with E-state index in [0.29, 0.717) is 5.75 Å². The maximum atomic E-state index is 13.5. The number of hydrogen-bond donors (Lipinski definition) is 1. The Kier molecular flexibility index (Phi) is 11.1. The van der Waals surface area contributed by atoms with Crippen molar-refractivity contribution >= 4 is 38.9 Å². The number of halogens is 1. The van der Waals surface area contributed by atoms with Gasteiger partial charge in [0.2, 0.25) is 0 Å². The number of rotatable bonds is 7. The maximum Gasteiger partial charge on any atom is 0.264 e. The van der Waals surface area contributed by atoms with Crippen molar-refractivity contribution in [3.8, 4) is 5.75 Å². The molecule has 1 N–H and O–H groups in total. The van der Waals surface area contributed by atoms with Crippen molar-refractivity contribution in [1.82, 2.24) is 5.43 Å². The van der Waals surface area contributed by atoms with Gasteiger partial charge < -0.3 is 4.74 Å². The number of hydrogen-bond acceptors (Lipinski definition) is 5. The number of methoxy groups -OCH3 is 1. The lowest BCUT2D eigenvalue weighted by Crippen LogP contribution is -2.39. The fourth-order valence-electron chi connectivity index (χ4n) is 4.28. The van der Waals surface area contributed by atoms with Crippen LogP contribution in [-0.4, -0.2) is 33.7 Å². The molecular formula is C27H36ClN3O4S. The number of nitrogens with one attached hydrogen (secondary N) is 1. The van der Waals surface area contributed by atoms with E-state index in [2.05, 4.69) is 10.5 Å². The molecule has 36 heavy (non-hydrogen) atoms. The molecule has 3 rings (SSSR count). The summed E-state index contributed by atoms with van der Waals surface area (Å²) >= 11 is 6.28. The van der Waals surface area contributed by atoms with Crippen LogP contribution < -0.4 is 14.5 Å². The first-order valence-corrected chi connectivity index (χ1v) is 14.5. The third kappa shape index (κ3) is 8.23. The maximum absolute atomic E-state index is 13.5. The van der Waals surface area contributed by atoms with Crippen molar-refractivity contribution in [2.45, 2.75) is 75.5 Å². The fraction of sp³-hybridized carbons (Fsp3) is 0.481. The standard InChI is InChI=1S/C27H36ClN3O4S/c1-35-26-19-18-23(20-25(26)28)31(36(33,34)24-16-12-9-13-17-24)21-27(32)30-29-22-14-10-7-5-3-2-4-6-8-11-15-22/h9,12-13,16-20H,2-8,10-11,14-15,21H2,1H3,(H,30,32). The minimum absolute atomic E-state index is 0.0790. The molecular weight excluding hydrogens is 498 g/mol. The smallest absolute Gasteiger partial charge is 0.264 e. The van der Waals surface area contributed by atoms with Crippen LogP contribution in [0.15, 0.2) is 58.5 Å². The zero-order valence-electron chi connectivity index (χ0n) is 20.9. The fourth-order valence-corrected chi connectivity index (χ4v) is 5.97. The van der Waals surface area contributed by atoms with Gasteiger partial charge in [0, 0.05) is 5.71 Å². The molecule has 2 aromatic carbocycles. The summed E-state index contributed by atoms with van der Waals surface area (Å²) in [6.45, 7) is -0.434. The second-order valence-corrected chi connectivity index (χ2v) is 11.3. The lowest BCUT2D eigenvalue weighted by atomic mass is 10.00. The number of amides is 1. The predicted molar refractivity (Wildman–Crippen MR) is 145 cm³/mol. The molecule has 0 unspecified atom stereocenters. The van der Waals surface area contributed by atoms with Gasteiger partial charge in [-0.25, -0.2) is 13.8 Å². The highest BCUT2D eigenvalue weighted by atomic mass is 35.5. The van der Waals surface area contributed by atoms with E-state index in [-0.39, 0.29) is 15.6 Å². The zero-order valence-corrected chi connectivity index (χ0v) is 22.5. The van der Waals surface area contributed by atoms with Crippen LogP contribution >= 0.6 is 11.6 Å². The highest BCUT2D eigenvalue weighted by molar-refractivity contribution is 7.92. The second kappa shape index (κ2) is 14.2. The summed E-state index contributed by atoms with van der Waals surface area (Å²) in [5.74, 6) is -0.101. The Bertz CT molecular complexity index is 1110. The van der Waals surface area contributed by atoms with Gasteiger partial charge in [0.1, 0.15) is 12.3 Å². The van der Waals surface area contributed by atoms with Gasteiger partial charge in [-0.05, 0) is 56.0 Å². The molecule has 0 aromatic heterocycles. The van der Waals surface area contributed by atoms with Crippen molar-refractivity contribution < 1.29 is 17.9 Å². The van der Waals surface area contributed by atoms with Crippen molar-refractivity contribution in [3.63, 3.8) is 0 Å². The number of ether oxygens (including phenoxy) is 1. The molecule has 0 atom stereocenters. The first-order chi connectivity index (χ1) is 17.4. The molecule has 196 valence electrons. The van der Waals surface area contributed by atoms with Crippen LogP contribution in [0, 0.1) is 0 Å². The zero-order chi connectivity index (χ0) is 25.8. The molecule has 0 bridgehead atoms. The van der Waals surface area contributed by atoms with Crippen molar-refractivity contribution in [1.29, 1.82) is 0 Å². The topological polar surface area (TPSA) is 88.1 Å². The van der Waals surface area contributed by atoms with Crippen LogP contribution in [0.5, 0.6) is 5.75 Å². The molecule has 1 aliphatic rings. The SMILES string of the molecule is COc1ccc(N(CC(=O)NN=C2CCCCCCCCCCC2)S(=O)(=O)c2ccccc2)cc1Cl. The molecule has 0 radical (unpaired) electrons. The first kappa shape index (κ1) is 28.0. The Labute approximate surface area is 219 Å². The summed E-state index contributed by atoms with van der Waals surface area (Å²) in [6.07, 6.45) is 12.5. The third-order valence-corrected chi connectivity index (χ3v) is 8.39. The van der Waals surface area contributed by atoms with Gasteiger partial charge in [-0.1, -0.05) is 74.7 Å². The van der Waals surface area contributed by atoms with Gasteiger partial charge in [-0.3, -0.25) is 9.10 Å². The van der Waals surface area contributed by atoms with E-state index in [0.717, 1.165) is 48.5 Å². The summed E-state index contributed by atoms with van der Waals surface area (Å²) in [6, 6.07) is 12.6. The lowest BCUT2D eigenvalue weighted by Gasteiger charge is -2.24. The Balaban J connectivity index is 1.78. The van der Waals surface area contributed by atoms with Gasteiger partial charge in [-0.2, -0.15) is 5.10 Å². The van der Waals surface area contributed by atoms with Crippen LogP contribution in [-0.2, 0) is 14.8 Å². The molecule has 7 nitrogen and oxygen atoms in total. The Morgan fingerprint density at radius 2 is 1.53 bits per heavy atom. The number of benzene rings is 2. The molecule has 1 fully saturated rings. The Morgan fingerprint density at radius 1 is 0.944 bits per heavy atom. The average molecular weight is 534 g/mol. The Morgan fingerprint density at radius 3 is 2.08 bits per heavy atom. The largest absolute Gasteiger partial charge is 0.495 e. The van der Waals surface area contributed by atoms with E-state index in [1.807, 2.05) is 0 Å². The lowest BCUT2D eigenvalue weighted by molar-refractivity contribution is -0.119. The molecule has 0 saturated heterocycles. The van der Waals surface area contributed by atoms with Crippen molar-refractivity contribution in [2.75, 3.05) is 18.0 Å².